The van der Waals surface area contributed by atoms with Crippen molar-refractivity contribution in [3.05, 3.63) is 69.2 Å². The Bertz CT molecular complexity index is 1510. The third-order valence-electron chi connectivity index (χ3n) is 6.33. The molecule has 3 aromatic rings. The molecule has 1 amide bonds. The molecule has 0 aliphatic carbocycles. The van der Waals surface area contributed by atoms with Crippen molar-refractivity contribution in [2.24, 2.45) is 0 Å². The number of amides is 1. The molecule has 2 aromatic carbocycles. The van der Waals surface area contributed by atoms with Crippen molar-refractivity contribution in [3.8, 4) is 17.2 Å². The number of carbonyl (C=O) groups excluding carboxylic acids is 3. The smallest absolute Gasteiger partial charge is 0.350 e. The van der Waals surface area contributed by atoms with E-state index < -0.39 is 23.7 Å². The number of carbonyl (C=O) groups is 3. The highest BCUT2D eigenvalue weighted by Crippen LogP contribution is 2.45. The fraction of sp³-hybridized carbons (Fsp3) is 0.310. The van der Waals surface area contributed by atoms with Crippen molar-refractivity contribution in [3.63, 3.8) is 0 Å². The molecule has 1 atom stereocenters. The van der Waals surface area contributed by atoms with Gasteiger partial charge in [-0.3, -0.25) is 14.5 Å². The van der Waals surface area contributed by atoms with Crippen LogP contribution in [0.1, 0.15) is 58.4 Å². The average molecular weight is 567 g/mol. The van der Waals surface area contributed by atoms with Gasteiger partial charge in [0.25, 0.3) is 5.78 Å². The average Bonchev–Trinajstić information content (AvgIpc) is 3.44. The van der Waals surface area contributed by atoms with E-state index in [1.165, 1.54) is 25.3 Å². The van der Waals surface area contributed by atoms with Crippen LogP contribution in [0.3, 0.4) is 0 Å². The summed E-state index contributed by atoms with van der Waals surface area (Å²) in [5.74, 6) is -2.23. The SMILES string of the molecule is CCCOc1ccc(/C(O)=C2\C(=O)C(=O)N(c3nc(C)c(C(=O)OC)s3)C2c2ccc(O)c(OCC)c2)c(C)c1. The largest absolute Gasteiger partial charge is 0.507 e. The number of anilines is 1. The van der Waals surface area contributed by atoms with Crippen LogP contribution in [0.25, 0.3) is 5.76 Å². The van der Waals surface area contributed by atoms with Crippen LogP contribution in [0.2, 0.25) is 0 Å². The van der Waals surface area contributed by atoms with Gasteiger partial charge in [-0.15, -0.1) is 0 Å². The first-order valence-corrected chi connectivity index (χ1v) is 13.5. The van der Waals surface area contributed by atoms with Crippen LogP contribution in [0.5, 0.6) is 17.2 Å². The molecule has 1 aliphatic rings. The maximum Gasteiger partial charge on any atom is 0.350 e. The predicted molar refractivity (Wildman–Crippen MR) is 149 cm³/mol. The summed E-state index contributed by atoms with van der Waals surface area (Å²) in [5.41, 5.74) is 1.52. The lowest BCUT2D eigenvalue weighted by atomic mass is 9.93. The van der Waals surface area contributed by atoms with Gasteiger partial charge in [-0.1, -0.05) is 24.3 Å². The third kappa shape index (κ3) is 5.24. The van der Waals surface area contributed by atoms with E-state index in [2.05, 4.69) is 4.98 Å². The first kappa shape index (κ1) is 28.6. The van der Waals surface area contributed by atoms with E-state index in [1.54, 1.807) is 39.0 Å². The van der Waals surface area contributed by atoms with Gasteiger partial charge in [-0.2, -0.15) is 0 Å². The fourth-order valence-electron chi connectivity index (χ4n) is 4.44. The summed E-state index contributed by atoms with van der Waals surface area (Å²) in [5, 5.41) is 21.9. The zero-order valence-electron chi connectivity index (χ0n) is 22.8. The predicted octanol–water partition coefficient (Wildman–Crippen LogP) is 5.07. The highest BCUT2D eigenvalue weighted by molar-refractivity contribution is 7.17. The van der Waals surface area contributed by atoms with Gasteiger partial charge >= 0.3 is 11.9 Å². The minimum atomic E-state index is -1.13. The number of rotatable bonds is 9. The van der Waals surface area contributed by atoms with Crippen LogP contribution in [0.15, 0.2) is 42.0 Å². The maximum absolute atomic E-state index is 13.5. The lowest BCUT2D eigenvalue weighted by molar-refractivity contribution is -0.132. The lowest BCUT2D eigenvalue weighted by Crippen LogP contribution is -2.29. The van der Waals surface area contributed by atoms with E-state index in [0.717, 1.165) is 22.7 Å². The van der Waals surface area contributed by atoms with Gasteiger partial charge < -0.3 is 24.4 Å². The van der Waals surface area contributed by atoms with Gasteiger partial charge in [0, 0.05) is 5.56 Å². The van der Waals surface area contributed by atoms with Crippen LogP contribution >= 0.6 is 11.3 Å². The minimum absolute atomic E-state index is 0.0788. The molecule has 2 heterocycles. The Kier molecular flexibility index (Phi) is 8.43. The van der Waals surface area contributed by atoms with E-state index in [4.69, 9.17) is 14.2 Å². The number of aromatic hydroxyl groups is 1. The molecule has 1 unspecified atom stereocenters. The third-order valence-corrected chi connectivity index (χ3v) is 7.47. The molecule has 0 radical (unpaired) electrons. The fourth-order valence-corrected chi connectivity index (χ4v) is 5.45. The second-order valence-corrected chi connectivity index (χ2v) is 10.0. The van der Waals surface area contributed by atoms with E-state index >= 15 is 0 Å². The number of thiazole rings is 1. The molecule has 0 spiro atoms. The Morgan fingerprint density at radius 1 is 1.10 bits per heavy atom. The second-order valence-electron chi connectivity index (χ2n) is 9.06. The van der Waals surface area contributed by atoms with Crippen molar-refractivity contribution in [2.45, 2.75) is 40.2 Å². The zero-order chi connectivity index (χ0) is 29.1. The van der Waals surface area contributed by atoms with E-state index in [-0.39, 0.29) is 39.4 Å². The number of methoxy groups -OCH3 is 1. The number of hydrogen-bond donors (Lipinski definition) is 2. The standard InChI is InChI=1S/C29H30N2O8S/c1-6-12-39-18-9-10-19(15(3)13-18)24(33)22-23(17-8-11-20(32)21(14-17)38-7-2)31(27(35)25(22)34)29-30-16(4)26(40-29)28(36)37-5/h8-11,13-14,23,32-33H,6-7,12H2,1-5H3/b24-22+. The number of ketones is 1. The summed E-state index contributed by atoms with van der Waals surface area (Å²) in [6.45, 7) is 7.89. The van der Waals surface area contributed by atoms with Crippen LogP contribution < -0.4 is 14.4 Å². The Morgan fingerprint density at radius 3 is 2.50 bits per heavy atom. The first-order chi connectivity index (χ1) is 19.1. The summed E-state index contributed by atoms with van der Waals surface area (Å²) in [7, 11) is 1.24. The summed E-state index contributed by atoms with van der Waals surface area (Å²) >= 11 is 0.899. The summed E-state index contributed by atoms with van der Waals surface area (Å²) in [6, 6.07) is 8.35. The molecule has 11 heteroatoms. The molecule has 40 heavy (non-hydrogen) atoms. The minimum Gasteiger partial charge on any atom is -0.507 e. The number of aryl methyl sites for hydroxylation is 2. The number of phenols is 1. The number of phenolic OH excluding ortho intramolecular Hbond substituents is 1. The summed E-state index contributed by atoms with van der Waals surface area (Å²) < 4.78 is 16.1. The zero-order valence-corrected chi connectivity index (χ0v) is 23.6. The maximum atomic E-state index is 13.5. The number of hydrogen-bond acceptors (Lipinski definition) is 10. The van der Waals surface area contributed by atoms with Crippen molar-refractivity contribution in [2.75, 3.05) is 25.2 Å². The molecule has 10 nitrogen and oxygen atoms in total. The second kappa shape index (κ2) is 11.8. The Labute approximate surface area is 235 Å². The Balaban J connectivity index is 1.93. The van der Waals surface area contributed by atoms with Gasteiger partial charge in [0.2, 0.25) is 0 Å². The molecule has 0 saturated carbocycles. The molecule has 1 saturated heterocycles. The number of esters is 1. The van der Waals surface area contributed by atoms with Crippen molar-refractivity contribution < 1.29 is 38.8 Å². The number of Topliss-reactive ketones (excluding diaryl/α,β-unsaturated/α-hetero) is 1. The molecular formula is C29H30N2O8S. The van der Waals surface area contributed by atoms with Crippen LogP contribution in [-0.2, 0) is 14.3 Å². The molecule has 1 fully saturated rings. The molecule has 1 aromatic heterocycles. The van der Waals surface area contributed by atoms with Crippen molar-refractivity contribution in [1.82, 2.24) is 4.98 Å². The Morgan fingerprint density at radius 2 is 1.85 bits per heavy atom. The normalized spacial score (nSPS) is 16.3. The molecule has 2 N–H and O–H groups in total. The van der Waals surface area contributed by atoms with Gasteiger partial charge in [-0.05, 0) is 68.7 Å². The summed E-state index contributed by atoms with van der Waals surface area (Å²) in [6.07, 6.45) is 0.828. The highest BCUT2D eigenvalue weighted by atomic mass is 32.1. The molecule has 0 bridgehead atoms. The van der Waals surface area contributed by atoms with Gasteiger partial charge in [0.15, 0.2) is 16.6 Å². The van der Waals surface area contributed by atoms with Crippen LogP contribution in [0.4, 0.5) is 5.13 Å². The Hall–Kier alpha value is -4.38. The monoisotopic (exact) mass is 566 g/mol. The highest BCUT2D eigenvalue weighted by Gasteiger charge is 2.48. The first-order valence-electron chi connectivity index (χ1n) is 12.7. The van der Waals surface area contributed by atoms with E-state index in [0.29, 0.717) is 34.7 Å². The lowest BCUT2D eigenvalue weighted by Gasteiger charge is -2.24. The number of nitrogens with zero attached hydrogens (tertiary/aromatic N) is 2. The number of aliphatic hydroxyl groups is 1. The van der Waals surface area contributed by atoms with Gasteiger partial charge in [-0.25, -0.2) is 9.78 Å². The van der Waals surface area contributed by atoms with Crippen molar-refractivity contribution >= 4 is 39.9 Å². The molecular weight excluding hydrogens is 536 g/mol. The number of ether oxygens (including phenoxy) is 3. The number of aliphatic hydroxyl groups excluding tert-OH is 1. The van der Waals surface area contributed by atoms with E-state index in [1.807, 2.05) is 6.92 Å². The summed E-state index contributed by atoms with van der Waals surface area (Å²) in [4.78, 5) is 45.0. The number of benzene rings is 2. The van der Waals surface area contributed by atoms with Crippen LogP contribution in [0, 0.1) is 13.8 Å². The van der Waals surface area contributed by atoms with Crippen LogP contribution in [-0.4, -0.2) is 53.2 Å². The molecule has 4 rings (SSSR count). The van der Waals surface area contributed by atoms with Crippen molar-refractivity contribution in [1.29, 1.82) is 0 Å². The quantitative estimate of drug-likeness (QED) is 0.158. The molecule has 210 valence electrons. The van der Waals surface area contributed by atoms with E-state index in [9.17, 15) is 24.6 Å². The number of aromatic nitrogens is 1. The molecule has 1 aliphatic heterocycles. The van der Waals surface area contributed by atoms with Gasteiger partial charge in [0.1, 0.15) is 16.4 Å². The topological polar surface area (TPSA) is 135 Å². The van der Waals surface area contributed by atoms with Gasteiger partial charge in [0.05, 0.1) is 37.6 Å².